The standard InChI is InChI=1S/C10H8O6S3/c11-17(12)7-1-2-9-6(3-7)4-8(18(13)14)5-10(9)19(15)16/h1-5H,(H,11,12)(H,13,14)(H,15,16). The number of hydrogen-bond acceptors (Lipinski definition) is 3. The molecule has 0 aliphatic heterocycles. The van der Waals surface area contributed by atoms with Gasteiger partial charge >= 0.3 is 0 Å². The lowest BCUT2D eigenvalue weighted by molar-refractivity contribution is 0.562. The first kappa shape index (κ1) is 14.4. The van der Waals surface area contributed by atoms with Crippen LogP contribution < -0.4 is 0 Å². The van der Waals surface area contributed by atoms with Crippen molar-refractivity contribution < 1.29 is 26.3 Å². The Bertz CT molecular complexity index is 721. The highest BCUT2D eigenvalue weighted by Crippen LogP contribution is 2.26. The third kappa shape index (κ3) is 2.96. The summed E-state index contributed by atoms with van der Waals surface area (Å²) >= 11 is -6.84. The zero-order valence-corrected chi connectivity index (χ0v) is 11.6. The topological polar surface area (TPSA) is 112 Å². The highest BCUT2D eigenvalue weighted by molar-refractivity contribution is 7.80. The molecule has 0 aliphatic rings. The van der Waals surface area contributed by atoms with Crippen LogP contribution in [0.3, 0.4) is 0 Å². The van der Waals surface area contributed by atoms with Crippen LogP contribution in [0.2, 0.25) is 0 Å². The maximum atomic E-state index is 11.2. The van der Waals surface area contributed by atoms with E-state index in [1.165, 1.54) is 24.3 Å². The summed E-state index contributed by atoms with van der Waals surface area (Å²) in [5, 5.41) is 0.724. The molecule has 0 spiro atoms. The van der Waals surface area contributed by atoms with Crippen molar-refractivity contribution in [2.45, 2.75) is 14.7 Å². The van der Waals surface area contributed by atoms with E-state index in [4.69, 9.17) is 9.11 Å². The Kier molecular flexibility index (Phi) is 4.23. The van der Waals surface area contributed by atoms with Crippen LogP contribution in [0.5, 0.6) is 0 Å². The minimum Gasteiger partial charge on any atom is -0.302 e. The Hall–Kier alpha value is -0.970. The summed E-state index contributed by atoms with van der Waals surface area (Å²) < 4.78 is 60.5. The lowest BCUT2D eigenvalue weighted by Gasteiger charge is -2.06. The normalized spacial score (nSPS) is 16.2. The Labute approximate surface area is 115 Å². The van der Waals surface area contributed by atoms with E-state index >= 15 is 0 Å². The molecule has 0 fully saturated rings. The van der Waals surface area contributed by atoms with E-state index in [-0.39, 0.29) is 14.7 Å². The van der Waals surface area contributed by atoms with E-state index in [2.05, 4.69) is 0 Å². The first-order valence-corrected chi connectivity index (χ1v) is 8.12. The molecular weight excluding hydrogens is 312 g/mol. The average Bonchev–Trinajstić information content (AvgIpc) is 2.36. The van der Waals surface area contributed by atoms with Gasteiger partial charge in [-0.2, -0.15) is 0 Å². The molecule has 0 aliphatic carbocycles. The van der Waals surface area contributed by atoms with Crippen LogP contribution in [0, 0.1) is 0 Å². The van der Waals surface area contributed by atoms with E-state index in [1.807, 2.05) is 0 Å². The SMILES string of the molecule is O=S(O)c1ccc2c(S(=O)O)cc(S(=O)O)cc2c1. The van der Waals surface area contributed by atoms with Gasteiger partial charge in [-0.1, -0.05) is 6.07 Å². The Morgan fingerprint density at radius 1 is 0.737 bits per heavy atom. The van der Waals surface area contributed by atoms with Gasteiger partial charge in [0.25, 0.3) is 0 Å². The molecule has 0 saturated carbocycles. The summed E-state index contributed by atoms with van der Waals surface area (Å²) in [6.45, 7) is 0. The molecule has 2 aromatic carbocycles. The van der Waals surface area contributed by atoms with Crippen LogP contribution in [0.25, 0.3) is 10.8 Å². The molecule has 0 amide bonds. The van der Waals surface area contributed by atoms with E-state index in [0.717, 1.165) is 6.07 Å². The third-order valence-electron chi connectivity index (χ3n) is 2.45. The van der Waals surface area contributed by atoms with Crippen molar-refractivity contribution in [3.05, 3.63) is 30.3 Å². The van der Waals surface area contributed by atoms with Gasteiger partial charge < -0.3 is 13.7 Å². The molecular formula is C10H8O6S3. The number of fused-ring (bicyclic) bond motifs is 1. The number of hydrogen-bond donors (Lipinski definition) is 3. The quantitative estimate of drug-likeness (QED) is 0.740. The van der Waals surface area contributed by atoms with Crippen molar-refractivity contribution in [2.24, 2.45) is 0 Å². The highest BCUT2D eigenvalue weighted by Gasteiger charge is 2.13. The molecule has 2 rings (SSSR count). The minimum atomic E-state index is -2.33. The molecule has 6 nitrogen and oxygen atoms in total. The molecule has 0 radical (unpaired) electrons. The zero-order valence-electron chi connectivity index (χ0n) is 9.18. The van der Waals surface area contributed by atoms with Gasteiger partial charge in [0.2, 0.25) is 0 Å². The van der Waals surface area contributed by atoms with E-state index in [0.29, 0.717) is 10.8 Å². The number of rotatable bonds is 3. The zero-order chi connectivity index (χ0) is 14.2. The second-order valence-corrected chi connectivity index (χ2v) is 6.43. The van der Waals surface area contributed by atoms with Gasteiger partial charge in [-0.15, -0.1) is 0 Å². The van der Waals surface area contributed by atoms with E-state index in [9.17, 15) is 17.2 Å². The molecule has 19 heavy (non-hydrogen) atoms. The maximum Gasteiger partial charge on any atom is 0.187 e. The van der Waals surface area contributed by atoms with Crippen LogP contribution in [-0.2, 0) is 33.2 Å². The molecule has 3 unspecified atom stereocenters. The summed E-state index contributed by atoms with van der Waals surface area (Å²) in [6.07, 6.45) is 0. The van der Waals surface area contributed by atoms with Crippen molar-refractivity contribution in [3.8, 4) is 0 Å². The van der Waals surface area contributed by atoms with Gasteiger partial charge in [0.1, 0.15) is 0 Å². The minimum absolute atomic E-state index is 0.0230. The summed E-state index contributed by atoms with van der Waals surface area (Å²) in [5.74, 6) is 0. The predicted octanol–water partition coefficient (Wildman–Crippen LogP) is 1.58. The lowest BCUT2D eigenvalue weighted by Crippen LogP contribution is -1.97. The van der Waals surface area contributed by atoms with E-state index in [1.54, 1.807) is 0 Å². The smallest absolute Gasteiger partial charge is 0.187 e. The lowest BCUT2D eigenvalue weighted by atomic mass is 10.1. The Morgan fingerprint density at radius 2 is 1.32 bits per heavy atom. The van der Waals surface area contributed by atoms with Gasteiger partial charge in [-0.05, 0) is 29.7 Å². The van der Waals surface area contributed by atoms with Crippen LogP contribution in [-0.4, -0.2) is 26.3 Å². The Morgan fingerprint density at radius 3 is 1.84 bits per heavy atom. The van der Waals surface area contributed by atoms with Gasteiger partial charge in [0.15, 0.2) is 33.2 Å². The van der Waals surface area contributed by atoms with Gasteiger partial charge in [0, 0.05) is 5.39 Å². The second-order valence-electron chi connectivity index (χ2n) is 3.55. The first-order valence-electron chi connectivity index (χ1n) is 4.80. The average molecular weight is 320 g/mol. The molecule has 0 heterocycles. The molecule has 2 aromatic rings. The number of benzene rings is 2. The van der Waals surface area contributed by atoms with Crippen molar-refractivity contribution in [3.63, 3.8) is 0 Å². The molecule has 0 saturated heterocycles. The second kappa shape index (κ2) is 5.57. The van der Waals surface area contributed by atoms with Crippen LogP contribution in [0.1, 0.15) is 0 Å². The Balaban J connectivity index is 2.83. The molecule has 3 atom stereocenters. The molecule has 0 bridgehead atoms. The van der Waals surface area contributed by atoms with Crippen LogP contribution in [0.15, 0.2) is 45.0 Å². The van der Waals surface area contributed by atoms with Gasteiger partial charge in [-0.3, -0.25) is 0 Å². The summed E-state index contributed by atoms with van der Waals surface area (Å²) in [6, 6.07) is 6.59. The van der Waals surface area contributed by atoms with Crippen molar-refractivity contribution >= 4 is 44.0 Å². The van der Waals surface area contributed by atoms with Gasteiger partial charge in [-0.25, -0.2) is 12.6 Å². The maximum absolute atomic E-state index is 11.2. The fourth-order valence-electron chi connectivity index (χ4n) is 1.64. The fourth-order valence-corrected chi connectivity index (χ4v) is 3.18. The summed E-state index contributed by atoms with van der Waals surface area (Å²) in [5.41, 5.74) is 0. The summed E-state index contributed by atoms with van der Waals surface area (Å²) in [7, 11) is 0. The van der Waals surface area contributed by atoms with E-state index < -0.39 is 33.2 Å². The molecule has 102 valence electrons. The molecule has 3 N–H and O–H groups in total. The molecule has 0 aromatic heterocycles. The predicted molar refractivity (Wildman–Crippen MR) is 71.1 cm³/mol. The van der Waals surface area contributed by atoms with Crippen molar-refractivity contribution in [1.29, 1.82) is 0 Å². The largest absolute Gasteiger partial charge is 0.302 e. The summed E-state index contributed by atoms with van der Waals surface area (Å²) in [4.78, 5) is 0.0268. The van der Waals surface area contributed by atoms with Crippen molar-refractivity contribution in [1.82, 2.24) is 0 Å². The van der Waals surface area contributed by atoms with Crippen LogP contribution in [0.4, 0.5) is 0 Å². The fraction of sp³-hybridized carbons (Fsp3) is 0. The third-order valence-corrected chi connectivity index (χ3v) is 4.46. The molecule has 9 heteroatoms. The van der Waals surface area contributed by atoms with Crippen molar-refractivity contribution in [2.75, 3.05) is 0 Å². The van der Waals surface area contributed by atoms with Gasteiger partial charge in [0.05, 0.1) is 14.7 Å². The first-order chi connectivity index (χ1) is 8.90. The van der Waals surface area contributed by atoms with Crippen LogP contribution >= 0.6 is 0 Å². The highest BCUT2D eigenvalue weighted by atomic mass is 32.2. The monoisotopic (exact) mass is 320 g/mol.